The number of anilines is 1. The maximum Gasteiger partial charge on any atom is 0.263 e. The Balaban J connectivity index is 1.72. The third kappa shape index (κ3) is 5.07. The number of rotatable bonds is 7. The van der Waals surface area contributed by atoms with Crippen LogP contribution in [0.25, 0.3) is 22.0 Å². The zero-order valence-corrected chi connectivity index (χ0v) is 20.8. The second-order valence-electron chi connectivity index (χ2n) is 8.27. The topological polar surface area (TPSA) is 137 Å². The van der Waals surface area contributed by atoms with Gasteiger partial charge in [0.1, 0.15) is 10.7 Å². The van der Waals surface area contributed by atoms with Gasteiger partial charge in [0.25, 0.3) is 15.6 Å². The summed E-state index contributed by atoms with van der Waals surface area (Å²) in [5.41, 5.74) is 7.13. The van der Waals surface area contributed by atoms with Crippen LogP contribution >= 0.6 is 11.6 Å². The highest BCUT2D eigenvalue weighted by atomic mass is 35.5. The average molecular weight is 530 g/mol. The van der Waals surface area contributed by atoms with Crippen molar-refractivity contribution in [2.75, 3.05) is 4.72 Å². The van der Waals surface area contributed by atoms with Crippen molar-refractivity contribution in [3.05, 3.63) is 81.9 Å². The highest BCUT2D eigenvalue weighted by Gasteiger charge is 2.20. The van der Waals surface area contributed by atoms with E-state index in [1.54, 1.807) is 44.3 Å². The molecule has 0 fully saturated rings. The van der Waals surface area contributed by atoms with Crippen LogP contribution in [-0.2, 0) is 21.4 Å². The monoisotopic (exact) mass is 529 g/mol. The number of pyridine rings is 1. The molecule has 2 aromatic carbocycles. The molecule has 9 nitrogen and oxygen atoms in total. The Labute approximate surface area is 210 Å². The van der Waals surface area contributed by atoms with Gasteiger partial charge in [-0.1, -0.05) is 24.6 Å². The second-order valence-corrected chi connectivity index (χ2v) is 10.3. The minimum Gasteiger partial charge on any atom is -0.369 e. The Morgan fingerprint density at radius 2 is 1.92 bits per heavy atom. The number of halogens is 2. The Kier molecular flexibility index (Phi) is 6.79. The minimum absolute atomic E-state index is 0.0886. The molecule has 0 aliphatic carbocycles. The van der Waals surface area contributed by atoms with E-state index in [4.69, 9.17) is 17.3 Å². The molecule has 0 bridgehead atoms. The molecule has 1 atom stereocenters. The number of aromatic nitrogens is 3. The standard InChI is InChI=1S/C24H21ClFN5O4S/c1-13(23(27)32)11-31-12-29-20-5-3-15(7-18(20)24(31)33)16-8-21(14(2)28-10-16)30-36(34,35)22-6-4-17(26)9-19(22)25/h3-10,12-13,30H,11H2,1-2H3,(H2,27,32)/t13-/m1/s1. The molecule has 0 aliphatic rings. The maximum atomic E-state index is 13.4. The summed E-state index contributed by atoms with van der Waals surface area (Å²) in [6, 6.07) is 9.58. The van der Waals surface area contributed by atoms with Gasteiger partial charge in [-0.05, 0) is 48.9 Å². The van der Waals surface area contributed by atoms with E-state index in [1.165, 1.54) is 10.9 Å². The van der Waals surface area contributed by atoms with E-state index in [0.717, 1.165) is 18.2 Å². The predicted octanol–water partition coefficient (Wildman–Crippen LogP) is 3.48. The number of nitrogens with two attached hydrogens (primary N) is 1. The van der Waals surface area contributed by atoms with Gasteiger partial charge in [-0.25, -0.2) is 17.8 Å². The van der Waals surface area contributed by atoms with E-state index in [-0.39, 0.29) is 27.7 Å². The number of hydrogen-bond acceptors (Lipinski definition) is 6. The number of aryl methyl sites for hydroxylation is 1. The van der Waals surface area contributed by atoms with Crippen molar-refractivity contribution in [2.45, 2.75) is 25.3 Å². The van der Waals surface area contributed by atoms with Crippen molar-refractivity contribution in [1.29, 1.82) is 0 Å². The van der Waals surface area contributed by atoms with E-state index < -0.39 is 27.7 Å². The molecule has 0 radical (unpaired) electrons. The number of carbonyl (C=O) groups excluding carboxylic acids is 1. The first-order valence-corrected chi connectivity index (χ1v) is 12.6. The van der Waals surface area contributed by atoms with Gasteiger partial charge in [-0.3, -0.25) is 23.9 Å². The number of sulfonamides is 1. The van der Waals surface area contributed by atoms with E-state index >= 15 is 0 Å². The first kappa shape index (κ1) is 25.3. The molecule has 1 amide bonds. The molecule has 0 saturated heterocycles. The molecule has 0 saturated carbocycles. The first-order valence-electron chi connectivity index (χ1n) is 10.7. The summed E-state index contributed by atoms with van der Waals surface area (Å²) in [4.78, 5) is 32.7. The molecular formula is C24H21ClFN5O4S. The molecule has 3 N–H and O–H groups in total. The number of benzene rings is 2. The summed E-state index contributed by atoms with van der Waals surface area (Å²) >= 11 is 5.94. The number of primary amides is 1. The van der Waals surface area contributed by atoms with Crippen molar-refractivity contribution >= 4 is 44.1 Å². The van der Waals surface area contributed by atoms with Gasteiger partial charge < -0.3 is 5.73 Å². The minimum atomic E-state index is -4.14. The summed E-state index contributed by atoms with van der Waals surface area (Å²) < 4.78 is 42.9. The molecule has 36 heavy (non-hydrogen) atoms. The lowest BCUT2D eigenvalue weighted by molar-refractivity contribution is -0.121. The van der Waals surface area contributed by atoms with Gasteiger partial charge in [0.15, 0.2) is 0 Å². The lowest BCUT2D eigenvalue weighted by Gasteiger charge is -2.13. The molecule has 2 heterocycles. The van der Waals surface area contributed by atoms with Gasteiger partial charge in [0, 0.05) is 18.3 Å². The van der Waals surface area contributed by atoms with E-state index in [0.29, 0.717) is 27.7 Å². The Morgan fingerprint density at radius 3 is 2.61 bits per heavy atom. The highest BCUT2D eigenvalue weighted by Crippen LogP contribution is 2.29. The number of amides is 1. The van der Waals surface area contributed by atoms with Crippen LogP contribution in [0.5, 0.6) is 0 Å². The predicted molar refractivity (Wildman–Crippen MR) is 135 cm³/mol. The van der Waals surface area contributed by atoms with Crippen LogP contribution in [0.2, 0.25) is 5.02 Å². The van der Waals surface area contributed by atoms with E-state index in [1.807, 2.05) is 0 Å². The second kappa shape index (κ2) is 9.67. The molecule has 186 valence electrons. The smallest absolute Gasteiger partial charge is 0.263 e. The Bertz CT molecular complexity index is 1670. The van der Waals surface area contributed by atoms with Crippen molar-refractivity contribution in [3.8, 4) is 11.1 Å². The van der Waals surface area contributed by atoms with Crippen LogP contribution in [-0.4, -0.2) is 28.9 Å². The van der Waals surface area contributed by atoms with Crippen LogP contribution in [0.15, 0.2) is 64.7 Å². The van der Waals surface area contributed by atoms with Crippen LogP contribution in [0.3, 0.4) is 0 Å². The Hall–Kier alpha value is -3.83. The number of nitrogens with zero attached hydrogens (tertiary/aromatic N) is 3. The third-order valence-corrected chi connectivity index (χ3v) is 7.48. The Morgan fingerprint density at radius 1 is 1.17 bits per heavy atom. The van der Waals surface area contributed by atoms with Gasteiger partial charge >= 0.3 is 0 Å². The largest absolute Gasteiger partial charge is 0.369 e. The van der Waals surface area contributed by atoms with E-state index in [2.05, 4.69) is 14.7 Å². The van der Waals surface area contributed by atoms with Gasteiger partial charge in [0.05, 0.1) is 39.6 Å². The molecule has 0 spiro atoms. The third-order valence-electron chi connectivity index (χ3n) is 5.63. The number of hydrogen-bond donors (Lipinski definition) is 2. The van der Waals surface area contributed by atoms with E-state index in [9.17, 15) is 22.4 Å². The maximum absolute atomic E-state index is 13.4. The quantitative estimate of drug-likeness (QED) is 0.376. The molecule has 4 rings (SSSR count). The zero-order valence-electron chi connectivity index (χ0n) is 19.2. The fraction of sp³-hybridized carbons (Fsp3) is 0.167. The van der Waals surface area contributed by atoms with Crippen molar-refractivity contribution in [3.63, 3.8) is 0 Å². The summed E-state index contributed by atoms with van der Waals surface area (Å²) in [7, 11) is -4.14. The summed E-state index contributed by atoms with van der Waals surface area (Å²) in [5, 5.41) is 0.0562. The molecule has 2 aromatic heterocycles. The average Bonchev–Trinajstić information content (AvgIpc) is 2.81. The fourth-order valence-corrected chi connectivity index (χ4v) is 5.18. The molecule has 0 unspecified atom stereocenters. The molecule has 0 aliphatic heterocycles. The van der Waals surface area contributed by atoms with Gasteiger partial charge in [-0.15, -0.1) is 0 Å². The zero-order chi connectivity index (χ0) is 26.2. The SMILES string of the molecule is Cc1ncc(-c2ccc3ncn(C[C@@H](C)C(N)=O)c(=O)c3c2)cc1NS(=O)(=O)c1ccc(F)cc1Cl. The lowest BCUT2D eigenvalue weighted by Crippen LogP contribution is -2.30. The highest BCUT2D eigenvalue weighted by molar-refractivity contribution is 7.92. The van der Waals surface area contributed by atoms with Gasteiger partial charge in [-0.2, -0.15) is 0 Å². The van der Waals surface area contributed by atoms with Gasteiger partial charge in [0.2, 0.25) is 5.91 Å². The van der Waals surface area contributed by atoms with Crippen LogP contribution in [0.4, 0.5) is 10.1 Å². The molecule has 12 heteroatoms. The normalized spacial score (nSPS) is 12.4. The molecule has 4 aromatic rings. The summed E-state index contributed by atoms with van der Waals surface area (Å²) in [6.07, 6.45) is 2.91. The summed E-state index contributed by atoms with van der Waals surface area (Å²) in [6.45, 7) is 3.33. The van der Waals surface area contributed by atoms with Crippen LogP contribution in [0.1, 0.15) is 12.6 Å². The number of fused-ring (bicyclic) bond motifs is 1. The fourth-order valence-electron chi connectivity index (χ4n) is 3.54. The van der Waals surface area contributed by atoms with Crippen molar-refractivity contribution < 1.29 is 17.6 Å². The number of carbonyl (C=O) groups is 1. The van der Waals surface area contributed by atoms with Crippen LogP contribution < -0.4 is 16.0 Å². The molecular weight excluding hydrogens is 509 g/mol. The van der Waals surface area contributed by atoms with Crippen molar-refractivity contribution in [1.82, 2.24) is 14.5 Å². The van der Waals surface area contributed by atoms with Crippen molar-refractivity contribution in [2.24, 2.45) is 11.7 Å². The summed E-state index contributed by atoms with van der Waals surface area (Å²) in [5.74, 6) is -1.75. The number of nitrogens with one attached hydrogen (secondary N) is 1. The lowest BCUT2D eigenvalue weighted by atomic mass is 10.0. The van der Waals surface area contributed by atoms with Crippen LogP contribution in [0, 0.1) is 18.7 Å². The first-order chi connectivity index (χ1) is 17.0.